The van der Waals surface area contributed by atoms with Crippen LogP contribution in [0.15, 0.2) is 46.7 Å². The van der Waals surface area contributed by atoms with Crippen molar-refractivity contribution in [3.63, 3.8) is 0 Å². The first-order chi connectivity index (χ1) is 9.00. The lowest BCUT2D eigenvalue weighted by atomic mass is 10.0. The van der Waals surface area contributed by atoms with E-state index in [9.17, 15) is 9.90 Å². The molecule has 0 unspecified atom stereocenters. The number of hydrogen-bond acceptors (Lipinski definition) is 3. The number of nitrogens with one attached hydrogen (secondary N) is 1. The van der Waals surface area contributed by atoms with Crippen LogP contribution in [0.25, 0.3) is 0 Å². The molecule has 1 atom stereocenters. The Labute approximate surface area is 112 Å². The van der Waals surface area contributed by atoms with Gasteiger partial charge in [0.25, 0.3) is 5.91 Å². The second-order valence-electron chi connectivity index (χ2n) is 4.99. The number of carbonyl (C=O) groups excluding carboxylic acids is 1. The van der Waals surface area contributed by atoms with Crippen LogP contribution < -0.4 is 5.32 Å². The van der Waals surface area contributed by atoms with Gasteiger partial charge >= 0.3 is 0 Å². The highest BCUT2D eigenvalue weighted by molar-refractivity contribution is 6.23. The summed E-state index contributed by atoms with van der Waals surface area (Å²) in [5.74, 6) is -0.0171. The molecule has 0 spiro atoms. The van der Waals surface area contributed by atoms with Gasteiger partial charge in [-0.3, -0.25) is 9.79 Å². The molecule has 0 saturated carbocycles. The first kappa shape index (κ1) is 13.3. The molecule has 1 heterocycles. The maximum atomic E-state index is 11.9. The van der Waals surface area contributed by atoms with Crippen molar-refractivity contribution >= 4 is 17.3 Å². The summed E-state index contributed by atoms with van der Waals surface area (Å²) in [6.45, 7) is 5.64. The van der Waals surface area contributed by atoms with E-state index in [0.29, 0.717) is 11.3 Å². The number of hydrogen-bond donors (Lipinski definition) is 2. The Morgan fingerprint density at radius 2 is 1.95 bits per heavy atom. The zero-order valence-electron chi connectivity index (χ0n) is 11.3. The highest BCUT2D eigenvalue weighted by Crippen LogP contribution is 2.23. The number of aliphatic imine (C=N–C) groups is 1. The van der Waals surface area contributed by atoms with Gasteiger partial charge in [-0.1, -0.05) is 32.0 Å². The Hall–Kier alpha value is -2.10. The predicted molar refractivity (Wildman–Crippen MR) is 75.6 cm³/mol. The van der Waals surface area contributed by atoms with E-state index >= 15 is 0 Å². The van der Waals surface area contributed by atoms with Gasteiger partial charge in [0.05, 0.1) is 17.4 Å². The van der Waals surface area contributed by atoms with Gasteiger partial charge in [-0.15, -0.1) is 0 Å². The summed E-state index contributed by atoms with van der Waals surface area (Å²) in [6, 6.07) is 9.06. The van der Waals surface area contributed by atoms with E-state index in [1.54, 1.807) is 6.92 Å². The van der Waals surface area contributed by atoms with Crippen molar-refractivity contribution in [3.8, 4) is 0 Å². The third-order valence-electron chi connectivity index (χ3n) is 3.15. The average Bonchev–Trinajstić information content (AvgIpc) is 2.66. The van der Waals surface area contributed by atoms with Gasteiger partial charge in [0.1, 0.15) is 11.3 Å². The minimum absolute atomic E-state index is 0.0946. The highest BCUT2D eigenvalue weighted by atomic mass is 16.3. The van der Waals surface area contributed by atoms with Gasteiger partial charge in [0.2, 0.25) is 0 Å². The van der Waals surface area contributed by atoms with Crippen molar-refractivity contribution in [3.05, 3.63) is 41.7 Å². The number of nitrogens with zero attached hydrogens (tertiary/aromatic N) is 1. The van der Waals surface area contributed by atoms with Crippen molar-refractivity contribution in [1.82, 2.24) is 5.32 Å². The SMILES string of the molecule is CC(=Nc1ccccc1)C1=C(O)[C@H](C(C)C)NC1=O. The van der Waals surface area contributed by atoms with Gasteiger partial charge in [-0.05, 0) is 25.0 Å². The Morgan fingerprint density at radius 3 is 2.47 bits per heavy atom. The van der Waals surface area contributed by atoms with Gasteiger partial charge in [0.15, 0.2) is 0 Å². The zero-order valence-corrected chi connectivity index (χ0v) is 11.3. The summed E-state index contributed by atoms with van der Waals surface area (Å²) in [5.41, 5.74) is 1.59. The van der Waals surface area contributed by atoms with E-state index in [0.717, 1.165) is 5.69 Å². The Bertz CT molecular complexity index is 545. The van der Waals surface area contributed by atoms with Crippen molar-refractivity contribution < 1.29 is 9.90 Å². The van der Waals surface area contributed by atoms with Gasteiger partial charge in [-0.2, -0.15) is 0 Å². The van der Waals surface area contributed by atoms with Crippen molar-refractivity contribution in [2.45, 2.75) is 26.8 Å². The molecule has 1 aromatic rings. The molecule has 1 amide bonds. The molecule has 4 heteroatoms. The van der Waals surface area contributed by atoms with Crippen LogP contribution in [-0.4, -0.2) is 22.8 Å². The third-order valence-corrected chi connectivity index (χ3v) is 3.15. The quantitative estimate of drug-likeness (QED) is 0.819. The number of aliphatic hydroxyl groups excluding tert-OH is 1. The van der Waals surface area contributed by atoms with E-state index in [1.165, 1.54) is 0 Å². The summed E-state index contributed by atoms with van der Waals surface area (Å²) < 4.78 is 0. The van der Waals surface area contributed by atoms with E-state index in [1.807, 2.05) is 44.2 Å². The fourth-order valence-electron chi connectivity index (χ4n) is 2.14. The molecule has 4 nitrogen and oxygen atoms in total. The van der Waals surface area contributed by atoms with Crippen LogP contribution in [0.5, 0.6) is 0 Å². The fraction of sp³-hybridized carbons (Fsp3) is 0.333. The number of para-hydroxylation sites is 1. The second-order valence-corrected chi connectivity index (χ2v) is 4.99. The molecule has 0 fully saturated rings. The van der Waals surface area contributed by atoms with Crippen molar-refractivity contribution in [1.29, 1.82) is 0 Å². The summed E-state index contributed by atoms with van der Waals surface area (Å²) in [6.07, 6.45) is 0. The van der Waals surface area contributed by atoms with E-state index in [-0.39, 0.29) is 23.6 Å². The molecule has 19 heavy (non-hydrogen) atoms. The standard InChI is InChI=1S/C15H18N2O2/c1-9(2)13-14(18)12(15(19)17-13)10(3)16-11-7-5-4-6-8-11/h4-9,13,18H,1-3H3,(H,17,19)/t13-/m0/s1. The molecule has 0 aromatic heterocycles. The molecular weight excluding hydrogens is 240 g/mol. The number of carbonyl (C=O) groups is 1. The van der Waals surface area contributed by atoms with Gasteiger partial charge < -0.3 is 10.4 Å². The lowest BCUT2D eigenvalue weighted by Gasteiger charge is -2.14. The molecule has 1 aromatic carbocycles. The normalized spacial score (nSPS) is 20.1. The smallest absolute Gasteiger partial charge is 0.257 e. The first-order valence-electron chi connectivity index (χ1n) is 6.35. The first-order valence-corrected chi connectivity index (χ1v) is 6.35. The summed E-state index contributed by atoms with van der Waals surface area (Å²) in [4.78, 5) is 16.3. The fourth-order valence-corrected chi connectivity index (χ4v) is 2.14. The van der Waals surface area contributed by atoms with Gasteiger partial charge in [0, 0.05) is 0 Å². The van der Waals surface area contributed by atoms with Crippen LogP contribution in [0, 0.1) is 5.92 Å². The molecule has 1 aliphatic rings. The molecule has 0 saturated heterocycles. The zero-order chi connectivity index (χ0) is 14.0. The summed E-state index contributed by atoms with van der Waals surface area (Å²) in [5, 5.41) is 12.9. The lowest BCUT2D eigenvalue weighted by Crippen LogP contribution is -2.33. The second kappa shape index (κ2) is 5.26. The highest BCUT2D eigenvalue weighted by Gasteiger charge is 2.34. The van der Waals surface area contributed by atoms with Crippen LogP contribution in [0.2, 0.25) is 0 Å². The molecule has 100 valence electrons. The maximum absolute atomic E-state index is 11.9. The Kier molecular flexibility index (Phi) is 3.69. The lowest BCUT2D eigenvalue weighted by molar-refractivity contribution is -0.116. The number of rotatable bonds is 3. The molecule has 1 aliphatic heterocycles. The molecular formula is C15H18N2O2. The number of benzene rings is 1. The molecule has 2 rings (SSSR count). The molecule has 0 radical (unpaired) electrons. The minimum atomic E-state index is -0.316. The van der Waals surface area contributed by atoms with Crippen molar-refractivity contribution in [2.75, 3.05) is 0 Å². The van der Waals surface area contributed by atoms with Crippen LogP contribution in [-0.2, 0) is 4.79 Å². The Morgan fingerprint density at radius 1 is 1.32 bits per heavy atom. The van der Waals surface area contributed by atoms with Gasteiger partial charge in [-0.25, -0.2) is 0 Å². The predicted octanol–water partition coefficient (Wildman–Crippen LogP) is 2.75. The van der Waals surface area contributed by atoms with Crippen LogP contribution >= 0.6 is 0 Å². The van der Waals surface area contributed by atoms with Crippen LogP contribution in [0.4, 0.5) is 5.69 Å². The third kappa shape index (κ3) is 2.67. The largest absolute Gasteiger partial charge is 0.509 e. The summed E-state index contributed by atoms with van der Waals surface area (Å²) in [7, 11) is 0. The number of amides is 1. The number of aliphatic hydroxyl groups is 1. The molecule has 0 aliphatic carbocycles. The maximum Gasteiger partial charge on any atom is 0.257 e. The van der Waals surface area contributed by atoms with E-state index < -0.39 is 0 Å². The van der Waals surface area contributed by atoms with Crippen LogP contribution in [0.3, 0.4) is 0 Å². The van der Waals surface area contributed by atoms with E-state index in [4.69, 9.17) is 0 Å². The Balaban J connectivity index is 2.35. The minimum Gasteiger partial charge on any atom is -0.509 e. The summed E-state index contributed by atoms with van der Waals surface area (Å²) >= 11 is 0. The molecule has 0 bridgehead atoms. The van der Waals surface area contributed by atoms with E-state index in [2.05, 4.69) is 10.3 Å². The average molecular weight is 258 g/mol. The monoisotopic (exact) mass is 258 g/mol. The topological polar surface area (TPSA) is 61.7 Å². The van der Waals surface area contributed by atoms with Crippen molar-refractivity contribution in [2.24, 2.45) is 10.9 Å². The van der Waals surface area contributed by atoms with Crippen LogP contribution in [0.1, 0.15) is 20.8 Å². The molecule has 2 N–H and O–H groups in total.